The summed E-state index contributed by atoms with van der Waals surface area (Å²) in [5, 5.41) is 7.34. The summed E-state index contributed by atoms with van der Waals surface area (Å²) in [6.45, 7) is 5.63. The molecule has 14 heavy (non-hydrogen) atoms. The summed E-state index contributed by atoms with van der Waals surface area (Å²) in [7, 11) is 0. The van der Waals surface area contributed by atoms with E-state index in [-0.39, 0.29) is 5.41 Å². The Kier molecular flexibility index (Phi) is 4.58. The molecule has 2 nitrogen and oxygen atoms in total. The Morgan fingerprint density at radius 2 is 1.79 bits per heavy atom. The van der Waals surface area contributed by atoms with Crippen LogP contribution >= 0.6 is 34.8 Å². The van der Waals surface area contributed by atoms with Gasteiger partial charge >= 0.3 is 0 Å². The van der Waals surface area contributed by atoms with E-state index in [9.17, 15) is 0 Å². The number of ether oxygens (including phenoxy) is 1. The smallest absolute Gasteiger partial charge is 0.265 e. The second-order valence-corrected chi connectivity index (χ2v) is 6.14. The Morgan fingerprint density at radius 3 is 2.00 bits per heavy atom. The molecule has 80 valence electrons. The second kappa shape index (κ2) is 4.61. The molecule has 5 heteroatoms. The van der Waals surface area contributed by atoms with E-state index in [1.807, 2.05) is 20.8 Å². The van der Waals surface area contributed by atoms with E-state index in [0.29, 0.717) is 0 Å². The van der Waals surface area contributed by atoms with Gasteiger partial charge in [-0.2, -0.15) is 0 Å². The molecule has 0 rings (SSSR count). The molecule has 0 aliphatic carbocycles. The maximum Gasteiger partial charge on any atom is 0.265 e. The molecule has 0 aliphatic rings. The van der Waals surface area contributed by atoms with Crippen LogP contribution in [0.2, 0.25) is 0 Å². The Bertz CT molecular complexity index is 257. The average Bonchev–Trinajstić information content (AvgIpc) is 1.95. The highest BCUT2D eigenvalue weighted by Crippen LogP contribution is 2.30. The van der Waals surface area contributed by atoms with Crippen LogP contribution in [0.5, 0.6) is 0 Å². The number of hydrogen-bond acceptors (Lipinski definition) is 2. The van der Waals surface area contributed by atoms with Gasteiger partial charge in [0.25, 0.3) is 3.79 Å². The molecule has 0 bridgehead atoms. The van der Waals surface area contributed by atoms with Crippen molar-refractivity contribution in [1.82, 2.24) is 0 Å². The first kappa shape index (κ1) is 13.9. The molecule has 0 amide bonds. The summed E-state index contributed by atoms with van der Waals surface area (Å²) in [5.41, 5.74) is -0.309. The van der Waals surface area contributed by atoms with Gasteiger partial charge in [0.1, 0.15) is 0 Å². The van der Waals surface area contributed by atoms with Gasteiger partial charge in [0, 0.05) is 5.41 Å². The molecule has 0 aliphatic heterocycles. The number of hydrogen-bond donors (Lipinski definition) is 1. The van der Waals surface area contributed by atoms with Crippen molar-refractivity contribution in [2.45, 2.75) is 30.7 Å². The fraction of sp³-hybridized carbons (Fsp3) is 0.667. The summed E-state index contributed by atoms with van der Waals surface area (Å²) in [6, 6.07) is 0. The third-order valence-electron chi connectivity index (χ3n) is 1.43. The molecular formula is C9H12Cl3NO. The molecule has 0 fully saturated rings. The third kappa shape index (κ3) is 4.41. The highest BCUT2D eigenvalue weighted by Gasteiger charge is 2.33. The van der Waals surface area contributed by atoms with Gasteiger partial charge in [-0.1, -0.05) is 61.5 Å². The van der Waals surface area contributed by atoms with Gasteiger partial charge in [0.05, 0.1) is 0 Å². The Labute approximate surface area is 99.4 Å². The first-order valence-corrected chi connectivity index (χ1v) is 5.01. The van der Waals surface area contributed by atoms with Crippen molar-refractivity contribution in [3.8, 4) is 12.3 Å². The van der Waals surface area contributed by atoms with Gasteiger partial charge in [-0.25, -0.2) is 0 Å². The minimum Gasteiger partial charge on any atom is -0.461 e. The Balaban J connectivity index is 4.53. The molecule has 1 N–H and O–H groups in total. The van der Waals surface area contributed by atoms with Crippen molar-refractivity contribution >= 4 is 40.7 Å². The van der Waals surface area contributed by atoms with Crippen molar-refractivity contribution in [3.63, 3.8) is 0 Å². The molecule has 1 unspecified atom stereocenters. The van der Waals surface area contributed by atoms with Gasteiger partial charge in [-0.05, 0) is 0 Å². The summed E-state index contributed by atoms with van der Waals surface area (Å²) in [6.07, 6.45) is 4.66. The van der Waals surface area contributed by atoms with E-state index in [1.165, 1.54) is 0 Å². The Hall–Kier alpha value is -0.100. The van der Waals surface area contributed by atoms with E-state index < -0.39 is 15.8 Å². The highest BCUT2D eigenvalue weighted by molar-refractivity contribution is 6.76. The lowest BCUT2D eigenvalue weighted by Crippen LogP contribution is -2.34. The van der Waals surface area contributed by atoms with Crippen molar-refractivity contribution in [2.75, 3.05) is 0 Å². The molecule has 0 aromatic carbocycles. The summed E-state index contributed by atoms with van der Waals surface area (Å²) >= 11 is 16.3. The minimum atomic E-state index is -1.86. The first-order chi connectivity index (χ1) is 6.09. The zero-order valence-electron chi connectivity index (χ0n) is 8.20. The van der Waals surface area contributed by atoms with Crippen LogP contribution in [-0.2, 0) is 4.74 Å². The van der Waals surface area contributed by atoms with Crippen molar-refractivity contribution in [2.24, 2.45) is 5.41 Å². The van der Waals surface area contributed by atoms with E-state index in [2.05, 4.69) is 5.92 Å². The first-order valence-electron chi connectivity index (χ1n) is 3.87. The fourth-order valence-corrected chi connectivity index (χ4v) is 0.779. The molecule has 0 aromatic rings. The topological polar surface area (TPSA) is 33.1 Å². The van der Waals surface area contributed by atoms with Crippen molar-refractivity contribution in [3.05, 3.63) is 0 Å². The molecule has 0 aromatic heterocycles. The van der Waals surface area contributed by atoms with Crippen LogP contribution < -0.4 is 0 Å². The Morgan fingerprint density at radius 1 is 1.36 bits per heavy atom. The molecule has 0 spiro atoms. The van der Waals surface area contributed by atoms with Crippen LogP contribution in [0.3, 0.4) is 0 Å². The van der Waals surface area contributed by atoms with Crippen LogP contribution in [0.4, 0.5) is 0 Å². The molecule has 0 radical (unpaired) electrons. The van der Waals surface area contributed by atoms with Crippen LogP contribution in [0.25, 0.3) is 0 Å². The predicted octanol–water partition coefficient (Wildman–Crippen LogP) is 3.40. The number of rotatable bonds is 1. The second-order valence-electron chi connectivity index (χ2n) is 3.86. The number of nitrogens with one attached hydrogen (secondary N) is 1. The molecular weight excluding hydrogens is 244 g/mol. The van der Waals surface area contributed by atoms with Gasteiger partial charge in [0.2, 0.25) is 5.90 Å². The average molecular weight is 257 g/mol. The summed E-state index contributed by atoms with van der Waals surface area (Å²) < 4.78 is 3.22. The predicted molar refractivity (Wildman–Crippen MR) is 61.2 cm³/mol. The highest BCUT2D eigenvalue weighted by atomic mass is 35.6. The third-order valence-corrected chi connectivity index (χ3v) is 1.95. The normalized spacial score (nSPS) is 14.4. The number of halogens is 3. The van der Waals surface area contributed by atoms with Gasteiger partial charge < -0.3 is 4.74 Å². The largest absolute Gasteiger partial charge is 0.461 e. The quantitative estimate of drug-likeness (QED) is 0.332. The number of alkyl halides is 3. The zero-order chi connectivity index (χ0) is 11.6. The van der Waals surface area contributed by atoms with Gasteiger partial charge in [-0.15, -0.1) is 6.42 Å². The lowest BCUT2D eigenvalue weighted by Gasteiger charge is -2.28. The van der Waals surface area contributed by atoms with Crippen molar-refractivity contribution in [1.29, 1.82) is 5.41 Å². The molecule has 0 saturated heterocycles. The lowest BCUT2D eigenvalue weighted by molar-refractivity contribution is 0.122. The van der Waals surface area contributed by atoms with Gasteiger partial charge in [0.15, 0.2) is 6.10 Å². The molecule has 0 saturated carbocycles. The van der Waals surface area contributed by atoms with Crippen LogP contribution in [0, 0.1) is 23.2 Å². The maximum absolute atomic E-state index is 7.34. The fourth-order valence-electron chi connectivity index (χ4n) is 0.645. The maximum atomic E-state index is 7.34. The van der Waals surface area contributed by atoms with Crippen LogP contribution in [-0.4, -0.2) is 15.8 Å². The van der Waals surface area contributed by atoms with E-state index in [4.69, 9.17) is 51.4 Å². The van der Waals surface area contributed by atoms with E-state index >= 15 is 0 Å². The zero-order valence-corrected chi connectivity index (χ0v) is 10.5. The standard InChI is InChI=1S/C9H12Cl3NO/c1-5-6(8(2,3)4)14-7(13)9(10,11)12/h1,6,13H,2-4H3. The minimum absolute atomic E-state index is 0.309. The van der Waals surface area contributed by atoms with Gasteiger partial charge in [-0.3, -0.25) is 5.41 Å². The monoisotopic (exact) mass is 255 g/mol. The van der Waals surface area contributed by atoms with E-state index in [1.54, 1.807) is 0 Å². The lowest BCUT2D eigenvalue weighted by atomic mass is 9.89. The molecule has 0 heterocycles. The van der Waals surface area contributed by atoms with Crippen LogP contribution in [0.15, 0.2) is 0 Å². The summed E-state index contributed by atoms with van der Waals surface area (Å²) in [4.78, 5) is 0. The number of terminal acetylenes is 1. The SMILES string of the molecule is C#CC(OC(=N)C(Cl)(Cl)Cl)C(C)(C)C. The summed E-state index contributed by atoms with van der Waals surface area (Å²) in [5.74, 6) is 1.95. The molecule has 1 atom stereocenters. The van der Waals surface area contributed by atoms with Crippen molar-refractivity contribution < 1.29 is 4.74 Å². The van der Waals surface area contributed by atoms with Crippen LogP contribution in [0.1, 0.15) is 20.8 Å². The van der Waals surface area contributed by atoms with E-state index in [0.717, 1.165) is 0 Å².